The Balaban J connectivity index is 3.35. The molecule has 11 heavy (non-hydrogen) atoms. The van der Waals surface area contributed by atoms with Crippen molar-refractivity contribution in [1.82, 2.24) is 0 Å². The number of phenolic OH excluding ortho intramolecular Hbond substituents is 1. The number of nitroso groups, excluding NO2 is 1. The molecular formula is C7H6BNO2. The van der Waals surface area contributed by atoms with Gasteiger partial charge in [-0.15, -0.1) is 4.91 Å². The molecule has 1 aromatic carbocycles. The van der Waals surface area contributed by atoms with Crippen LogP contribution in [0.5, 0.6) is 5.75 Å². The number of hydrogen-bond acceptors (Lipinski definition) is 3. The van der Waals surface area contributed by atoms with Gasteiger partial charge in [0.15, 0.2) is 0 Å². The zero-order chi connectivity index (χ0) is 8.43. The minimum absolute atomic E-state index is 0.0116. The van der Waals surface area contributed by atoms with Crippen LogP contribution in [0.4, 0.5) is 5.69 Å². The second kappa shape index (κ2) is 2.74. The fourth-order valence-corrected chi connectivity index (χ4v) is 0.858. The van der Waals surface area contributed by atoms with Crippen LogP contribution in [0.1, 0.15) is 5.56 Å². The van der Waals surface area contributed by atoms with Crippen LogP contribution < -0.4 is 5.46 Å². The minimum atomic E-state index is -0.103. The zero-order valence-electron chi connectivity index (χ0n) is 6.03. The summed E-state index contributed by atoms with van der Waals surface area (Å²) in [7, 11) is 5.39. The molecule has 1 aromatic rings. The lowest BCUT2D eigenvalue weighted by Crippen LogP contribution is -2.01. The Hall–Kier alpha value is -1.32. The fourth-order valence-electron chi connectivity index (χ4n) is 0.858. The summed E-state index contributed by atoms with van der Waals surface area (Å²) in [5, 5.41) is 11.8. The van der Waals surface area contributed by atoms with E-state index in [4.69, 9.17) is 7.85 Å². The normalized spacial score (nSPS) is 9.55. The van der Waals surface area contributed by atoms with Crippen LogP contribution in [0.2, 0.25) is 0 Å². The summed E-state index contributed by atoms with van der Waals surface area (Å²) in [6, 6.07) is 2.90. The number of rotatable bonds is 1. The molecule has 2 radical (unpaired) electrons. The molecule has 54 valence electrons. The molecule has 0 saturated heterocycles. The lowest BCUT2D eigenvalue weighted by Gasteiger charge is -2.01. The summed E-state index contributed by atoms with van der Waals surface area (Å²) in [4.78, 5) is 10.1. The average Bonchev–Trinajstić information content (AvgIpc) is 1.96. The van der Waals surface area contributed by atoms with Crippen molar-refractivity contribution in [3.63, 3.8) is 0 Å². The Kier molecular flexibility index (Phi) is 1.94. The predicted molar refractivity (Wildman–Crippen MR) is 43.7 cm³/mol. The van der Waals surface area contributed by atoms with Crippen molar-refractivity contribution in [3.8, 4) is 5.75 Å². The summed E-state index contributed by atoms with van der Waals surface area (Å²) in [6.07, 6.45) is 0. The first-order valence-electron chi connectivity index (χ1n) is 3.07. The van der Waals surface area contributed by atoms with E-state index in [9.17, 15) is 10.0 Å². The minimum Gasteiger partial charge on any atom is -0.505 e. The van der Waals surface area contributed by atoms with Gasteiger partial charge < -0.3 is 5.11 Å². The third-order valence-corrected chi connectivity index (χ3v) is 1.40. The number of phenols is 1. The molecule has 0 unspecified atom stereocenters. The van der Waals surface area contributed by atoms with Crippen molar-refractivity contribution in [2.45, 2.75) is 6.92 Å². The van der Waals surface area contributed by atoms with Gasteiger partial charge in [0.05, 0.1) is 0 Å². The number of nitrogens with zero attached hydrogens (tertiary/aromatic N) is 1. The van der Waals surface area contributed by atoms with Gasteiger partial charge in [0.2, 0.25) is 0 Å². The molecule has 0 amide bonds. The van der Waals surface area contributed by atoms with Gasteiger partial charge >= 0.3 is 0 Å². The summed E-state index contributed by atoms with van der Waals surface area (Å²) < 4.78 is 0. The first kappa shape index (κ1) is 7.79. The van der Waals surface area contributed by atoms with Crippen LogP contribution in [-0.2, 0) is 0 Å². The van der Waals surface area contributed by atoms with E-state index in [0.29, 0.717) is 11.0 Å². The maximum atomic E-state index is 10.1. The van der Waals surface area contributed by atoms with E-state index in [0.717, 1.165) is 0 Å². The van der Waals surface area contributed by atoms with Crippen LogP contribution in [0.25, 0.3) is 0 Å². The lowest BCUT2D eigenvalue weighted by molar-refractivity contribution is 0.473. The Morgan fingerprint density at radius 1 is 1.55 bits per heavy atom. The molecule has 0 saturated carbocycles. The van der Waals surface area contributed by atoms with Crippen LogP contribution >= 0.6 is 0 Å². The molecule has 0 spiro atoms. The van der Waals surface area contributed by atoms with E-state index in [2.05, 4.69) is 5.18 Å². The van der Waals surface area contributed by atoms with E-state index in [1.165, 1.54) is 6.07 Å². The average molecular weight is 147 g/mol. The van der Waals surface area contributed by atoms with Crippen LogP contribution in [0.15, 0.2) is 17.3 Å². The van der Waals surface area contributed by atoms with Crippen molar-refractivity contribution in [1.29, 1.82) is 0 Å². The largest absolute Gasteiger partial charge is 0.505 e. The number of aromatic hydroxyl groups is 1. The van der Waals surface area contributed by atoms with Crippen LogP contribution in [-0.4, -0.2) is 13.0 Å². The van der Waals surface area contributed by atoms with Gasteiger partial charge in [-0.3, -0.25) is 0 Å². The Bertz CT molecular complexity index is 299. The molecule has 0 fully saturated rings. The van der Waals surface area contributed by atoms with Crippen molar-refractivity contribution in [2.24, 2.45) is 5.18 Å². The molecule has 1 rings (SSSR count). The highest BCUT2D eigenvalue weighted by Gasteiger charge is 2.04. The monoisotopic (exact) mass is 147 g/mol. The zero-order valence-corrected chi connectivity index (χ0v) is 6.03. The molecular weight excluding hydrogens is 141 g/mol. The Labute approximate surface area is 65.4 Å². The number of aryl methyl sites for hydroxylation is 1. The molecule has 3 nitrogen and oxygen atoms in total. The maximum Gasteiger partial charge on any atom is 0.149 e. The third kappa shape index (κ3) is 1.39. The predicted octanol–water partition coefficient (Wildman–Crippen LogP) is 0.892. The summed E-state index contributed by atoms with van der Waals surface area (Å²) in [5.74, 6) is -0.103. The summed E-state index contributed by atoms with van der Waals surface area (Å²) in [5.41, 5.74) is 0.969. The van der Waals surface area contributed by atoms with Gasteiger partial charge in [-0.05, 0) is 23.7 Å². The second-order valence-electron chi connectivity index (χ2n) is 2.30. The first-order valence-corrected chi connectivity index (χ1v) is 3.07. The fraction of sp³-hybridized carbons (Fsp3) is 0.143. The van der Waals surface area contributed by atoms with Gasteiger partial charge in [-0.2, -0.15) is 0 Å². The molecule has 0 aromatic heterocycles. The summed E-state index contributed by atoms with van der Waals surface area (Å²) in [6.45, 7) is 1.65. The van der Waals surface area contributed by atoms with Gasteiger partial charge in [0.25, 0.3) is 0 Å². The van der Waals surface area contributed by atoms with Crippen molar-refractivity contribution in [2.75, 3.05) is 0 Å². The highest BCUT2D eigenvalue weighted by molar-refractivity contribution is 6.32. The molecule has 0 heterocycles. The summed E-state index contributed by atoms with van der Waals surface area (Å²) >= 11 is 0. The molecule has 4 heteroatoms. The Morgan fingerprint density at radius 3 is 2.73 bits per heavy atom. The van der Waals surface area contributed by atoms with Crippen LogP contribution in [0, 0.1) is 11.8 Å². The molecule has 0 bridgehead atoms. The van der Waals surface area contributed by atoms with Gasteiger partial charge in [0, 0.05) is 0 Å². The topological polar surface area (TPSA) is 49.7 Å². The van der Waals surface area contributed by atoms with E-state index >= 15 is 0 Å². The smallest absolute Gasteiger partial charge is 0.149 e. The number of benzene rings is 1. The van der Waals surface area contributed by atoms with Gasteiger partial charge in [-0.25, -0.2) is 0 Å². The standard InChI is InChI=1S/C7H6BNO2/c1-4-2-5(8)3-6(9-11)7(4)10/h2-3,10H,1H3. The highest BCUT2D eigenvalue weighted by Crippen LogP contribution is 2.27. The van der Waals surface area contributed by atoms with Crippen molar-refractivity contribution >= 4 is 19.0 Å². The molecule has 0 aliphatic carbocycles. The van der Waals surface area contributed by atoms with Gasteiger partial charge in [-0.1, -0.05) is 11.5 Å². The maximum absolute atomic E-state index is 10.1. The SMILES string of the molecule is [B]c1cc(C)c(O)c(N=O)c1. The quantitative estimate of drug-likeness (QED) is 0.473. The lowest BCUT2D eigenvalue weighted by atomic mass is 9.93. The third-order valence-electron chi connectivity index (χ3n) is 1.40. The number of hydrogen-bond donors (Lipinski definition) is 1. The molecule has 0 aliphatic rings. The Morgan fingerprint density at radius 2 is 2.18 bits per heavy atom. The van der Waals surface area contributed by atoms with E-state index < -0.39 is 0 Å². The van der Waals surface area contributed by atoms with E-state index in [1.807, 2.05) is 0 Å². The first-order chi connectivity index (χ1) is 5.15. The highest BCUT2D eigenvalue weighted by atomic mass is 16.3. The second-order valence-corrected chi connectivity index (χ2v) is 2.30. The van der Waals surface area contributed by atoms with Crippen molar-refractivity contribution in [3.05, 3.63) is 22.6 Å². The molecule has 1 N–H and O–H groups in total. The molecule has 0 atom stereocenters. The molecule has 0 aliphatic heterocycles. The van der Waals surface area contributed by atoms with E-state index in [1.54, 1.807) is 13.0 Å². The van der Waals surface area contributed by atoms with Gasteiger partial charge in [0.1, 0.15) is 19.3 Å². The van der Waals surface area contributed by atoms with Crippen molar-refractivity contribution < 1.29 is 5.11 Å². The van der Waals surface area contributed by atoms with Crippen LogP contribution in [0.3, 0.4) is 0 Å². The van der Waals surface area contributed by atoms with E-state index in [-0.39, 0.29) is 11.4 Å².